The highest BCUT2D eigenvalue weighted by atomic mass is 19.1. The first-order chi connectivity index (χ1) is 9.75. The van der Waals surface area contributed by atoms with Gasteiger partial charge in [0, 0.05) is 19.1 Å². The highest BCUT2D eigenvalue weighted by molar-refractivity contribution is 5.31. The topological polar surface area (TPSA) is 12.5 Å². The van der Waals surface area contributed by atoms with Crippen LogP contribution >= 0.6 is 0 Å². The van der Waals surface area contributed by atoms with E-state index in [1.54, 1.807) is 6.08 Å². The fourth-order valence-electron chi connectivity index (χ4n) is 4.00. The molecule has 112 valence electrons. The van der Waals surface area contributed by atoms with Crippen molar-refractivity contribution in [2.24, 2.45) is 11.8 Å². The Kier molecular flexibility index (Phi) is 4.57. The number of hydrogen-bond acceptors (Lipinski definition) is 2. The third-order valence-corrected chi connectivity index (χ3v) is 5.26. The Bertz CT molecular complexity index is 398. The molecular formula is C17H26FNO. The van der Waals surface area contributed by atoms with E-state index in [2.05, 4.69) is 17.9 Å². The van der Waals surface area contributed by atoms with Crippen molar-refractivity contribution in [2.45, 2.75) is 45.1 Å². The minimum atomic E-state index is 0.0516. The minimum Gasteiger partial charge on any atom is -0.379 e. The normalized spacial score (nSPS) is 36.4. The van der Waals surface area contributed by atoms with Gasteiger partial charge < -0.3 is 4.74 Å². The lowest BCUT2D eigenvalue weighted by Crippen LogP contribution is -2.46. The van der Waals surface area contributed by atoms with Gasteiger partial charge in [0.1, 0.15) is 5.83 Å². The summed E-state index contributed by atoms with van der Waals surface area (Å²) < 4.78 is 19.6. The van der Waals surface area contributed by atoms with Gasteiger partial charge in [0.05, 0.1) is 13.2 Å². The van der Waals surface area contributed by atoms with E-state index in [0.717, 1.165) is 51.1 Å². The summed E-state index contributed by atoms with van der Waals surface area (Å²) in [5.41, 5.74) is 1.00. The molecule has 3 heteroatoms. The molecule has 3 atom stereocenters. The van der Waals surface area contributed by atoms with Crippen LogP contribution in [0.15, 0.2) is 23.6 Å². The van der Waals surface area contributed by atoms with Crippen molar-refractivity contribution in [3.63, 3.8) is 0 Å². The zero-order valence-corrected chi connectivity index (χ0v) is 12.5. The summed E-state index contributed by atoms with van der Waals surface area (Å²) in [7, 11) is 0. The Balaban J connectivity index is 1.70. The van der Waals surface area contributed by atoms with Gasteiger partial charge in [0.15, 0.2) is 0 Å². The predicted octanol–water partition coefficient (Wildman–Crippen LogP) is 3.70. The summed E-state index contributed by atoms with van der Waals surface area (Å²) in [4.78, 5) is 2.56. The molecule has 1 heterocycles. The molecular weight excluding hydrogens is 253 g/mol. The van der Waals surface area contributed by atoms with E-state index in [0.29, 0.717) is 17.9 Å². The molecule has 0 aromatic carbocycles. The highest BCUT2D eigenvalue weighted by Gasteiger charge is 2.34. The van der Waals surface area contributed by atoms with Crippen LogP contribution in [0.3, 0.4) is 0 Å². The number of rotatable bonds is 2. The summed E-state index contributed by atoms with van der Waals surface area (Å²) in [6, 6.07) is 0.621. The molecule has 0 radical (unpaired) electrons. The number of hydrogen-bond donors (Lipinski definition) is 0. The molecule has 1 saturated heterocycles. The third-order valence-electron chi connectivity index (χ3n) is 5.26. The van der Waals surface area contributed by atoms with Crippen LogP contribution in [0.4, 0.5) is 4.39 Å². The van der Waals surface area contributed by atoms with Crippen LogP contribution in [-0.2, 0) is 4.74 Å². The van der Waals surface area contributed by atoms with E-state index >= 15 is 0 Å². The molecule has 3 rings (SSSR count). The van der Waals surface area contributed by atoms with Crippen molar-refractivity contribution in [2.75, 3.05) is 26.3 Å². The average Bonchev–Trinajstić information content (AvgIpc) is 2.49. The molecule has 0 amide bonds. The summed E-state index contributed by atoms with van der Waals surface area (Å²) in [5.74, 6) is 1.07. The Morgan fingerprint density at radius 2 is 1.90 bits per heavy atom. The van der Waals surface area contributed by atoms with Crippen LogP contribution in [0, 0.1) is 11.8 Å². The molecule has 2 fully saturated rings. The number of halogens is 1. The highest BCUT2D eigenvalue weighted by Crippen LogP contribution is 2.41. The summed E-state index contributed by atoms with van der Waals surface area (Å²) >= 11 is 0. The van der Waals surface area contributed by atoms with Gasteiger partial charge in [-0.2, -0.15) is 0 Å². The Morgan fingerprint density at radius 3 is 2.65 bits per heavy atom. The smallest absolute Gasteiger partial charge is 0.122 e. The van der Waals surface area contributed by atoms with Gasteiger partial charge in [-0.1, -0.05) is 13.0 Å². The number of morpholine rings is 1. The van der Waals surface area contributed by atoms with Crippen LogP contribution in [0.2, 0.25) is 0 Å². The van der Waals surface area contributed by atoms with Gasteiger partial charge in [-0.15, -0.1) is 0 Å². The second-order valence-electron chi connectivity index (χ2n) is 6.49. The average molecular weight is 279 g/mol. The van der Waals surface area contributed by atoms with E-state index in [1.165, 1.54) is 12.8 Å². The maximum absolute atomic E-state index is 14.1. The number of ether oxygens (including phenoxy) is 1. The Morgan fingerprint density at radius 1 is 1.15 bits per heavy atom. The number of allylic oxidation sites excluding steroid dienone is 4. The van der Waals surface area contributed by atoms with E-state index in [-0.39, 0.29) is 5.83 Å². The van der Waals surface area contributed by atoms with Crippen LogP contribution < -0.4 is 0 Å². The first kappa shape index (κ1) is 14.3. The molecule has 20 heavy (non-hydrogen) atoms. The maximum Gasteiger partial charge on any atom is 0.122 e. The first-order valence-corrected chi connectivity index (χ1v) is 8.13. The van der Waals surface area contributed by atoms with Crippen LogP contribution in [-0.4, -0.2) is 37.2 Å². The van der Waals surface area contributed by atoms with Gasteiger partial charge in [-0.3, -0.25) is 4.90 Å². The fourth-order valence-corrected chi connectivity index (χ4v) is 4.00. The lowest BCUT2D eigenvalue weighted by molar-refractivity contribution is -0.0000579. The number of nitrogens with zero attached hydrogens (tertiary/aromatic N) is 1. The fraction of sp³-hybridized carbons (Fsp3) is 0.765. The summed E-state index contributed by atoms with van der Waals surface area (Å²) in [6.45, 7) is 6.09. The lowest BCUT2D eigenvalue weighted by atomic mass is 9.72. The molecule has 0 spiro atoms. The van der Waals surface area contributed by atoms with E-state index in [4.69, 9.17) is 4.74 Å². The second-order valence-corrected chi connectivity index (χ2v) is 6.49. The van der Waals surface area contributed by atoms with E-state index in [9.17, 15) is 4.39 Å². The molecule has 3 unspecified atom stereocenters. The van der Waals surface area contributed by atoms with Gasteiger partial charge >= 0.3 is 0 Å². The molecule has 2 aliphatic carbocycles. The zero-order chi connectivity index (χ0) is 13.9. The largest absolute Gasteiger partial charge is 0.379 e. The van der Waals surface area contributed by atoms with Gasteiger partial charge in [-0.25, -0.2) is 4.39 Å². The Labute approximate surface area is 121 Å². The van der Waals surface area contributed by atoms with Crippen molar-refractivity contribution in [1.82, 2.24) is 4.90 Å². The van der Waals surface area contributed by atoms with E-state index in [1.807, 2.05) is 0 Å². The van der Waals surface area contributed by atoms with Gasteiger partial charge in [0.2, 0.25) is 0 Å². The summed E-state index contributed by atoms with van der Waals surface area (Å²) in [5, 5.41) is 0. The molecule has 0 aromatic heterocycles. The molecule has 2 nitrogen and oxygen atoms in total. The van der Waals surface area contributed by atoms with Crippen LogP contribution in [0.5, 0.6) is 0 Å². The van der Waals surface area contributed by atoms with Crippen LogP contribution in [0.25, 0.3) is 0 Å². The molecule has 0 aromatic rings. The van der Waals surface area contributed by atoms with Crippen molar-refractivity contribution in [1.29, 1.82) is 0 Å². The van der Waals surface area contributed by atoms with Gasteiger partial charge in [0.25, 0.3) is 0 Å². The minimum absolute atomic E-state index is 0.0516. The van der Waals surface area contributed by atoms with Crippen LogP contribution in [0.1, 0.15) is 39.0 Å². The van der Waals surface area contributed by atoms with Crippen molar-refractivity contribution < 1.29 is 9.13 Å². The van der Waals surface area contributed by atoms with Crippen molar-refractivity contribution in [3.8, 4) is 0 Å². The second kappa shape index (κ2) is 6.40. The quantitative estimate of drug-likeness (QED) is 0.764. The third kappa shape index (κ3) is 2.99. The van der Waals surface area contributed by atoms with E-state index < -0.39 is 0 Å². The predicted molar refractivity (Wildman–Crippen MR) is 79.2 cm³/mol. The molecule has 0 bridgehead atoms. The first-order valence-electron chi connectivity index (χ1n) is 8.13. The lowest BCUT2D eigenvalue weighted by Gasteiger charge is -2.42. The summed E-state index contributed by atoms with van der Waals surface area (Å²) in [6.07, 6.45) is 9.40. The standard InChI is InChI=1S/C17H26FNO/c1-13-6-7-14(19-8-10-20-11-9-19)12-16(13)15-4-2-3-5-17(15)18/h4-5,13-14,16H,2-3,6-12H2,1H3. The molecule has 1 aliphatic heterocycles. The van der Waals surface area contributed by atoms with Crippen molar-refractivity contribution >= 4 is 0 Å². The Hall–Kier alpha value is -0.670. The molecule has 3 aliphatic rings. The molecule has 1 saturated carbocycles. The SMILES string of the molecule is CC1CCC(N2CCOCC2)CC1C1=CCCC=C1F. The monoisotopic (exact) mass is 279 g/mol. The van der Waals surface area contributed by atoms with Gasteiger partial charge in [-0.05, 0) is 55.6 Å². The molecule has 0 N–H and O–H groups in total. The zero-order valence-electron chi connectivity index (χ0n) is 12.5. The van der Waals surface area contributed by atoms with Crippen molar-refractivity contribution in [3.05, 3.63) is 23.6 Å². The maximum atomic E-state index is 14.1.